The number of halogens is 1. The van der Waals surface area contributed by atoms with Crippen LogP contribution in [-0.2, 0) is 16.0 Å². The standard InChI is InChI=1S/C20H20FN3O2S/c1-13(14-2-8-18-15(12-14)3-9-19(25)22-18)23-24-20(26)10-11-27-17-6-4-16(21)5-7-17/h2,4-8,12H,3,9-11H2,1H3,(H,22,25)(H,24,26). The molecular weight excluding hydrogens is 365 g/mol. The number of anilines is 1. The van der Waals surface area contributed by atoms with Crippen LogP contribution in [0, 0.1) is 5.82 Å². The van der Waals surface area contributed by atoms with E-state index in [1.807, 2.05) is 25.1 Å². The summed E-state index contributed by atoms with van der Waals surface area (Å²) >= 11 is 1.49. The molecule has 3 rings (SSSR count). The average molecular weight is 385 g/mol. The number of nitrogens with zero attached hydrogens (tertiary/aromatic N) is 1. The molecule has 0 saturated carbocycles. The molecule has 2 amide bonds. The summed E-state index contributed by atoms with van der Waals surface area (Å²) in [6.07, 6.45) is 1.50. The predicted octanol–water partition coefficient (Wildman–Crippen LogP) is 3.73. The van der Waals surface area contributed by atoms with E-state index >= 15 is 0 Å². The van der Waals surface area contributed by atoms with Gasteiger partial charge in [0.2, 0.25) is 11.8 Å². The van der Waals surface area contributed by atoms with Gasteiger partial charge in [-0.1, -0.05) is 6.07 Å². The molecule has 0 spiro atoms. The molecular formula is C20H20FN3O2S. The van der Waals surface area contributed by atoms with Crippen molar-refractivity contribution in [2.24, 2.45) is 5.10 Å². The number of aryl methyl sites for hydroxylation is 1. The summed E-state index contributed by atoms with van der Waals surface area (Å²) in [6, 6.07) is 11.9. The Morgan fingerprint density at radius 3 is 2.78 bits per heavy atom. The Bertz CT molecular complexity index is 881. The van der Waals surface area contributed by atoms with Crippen LogP contribution < -0.4 is 10.7 Å². The van der Waals surface area contributed by atoms with Crippen LogP contribution in [0.3, 0.4) is 0 Å². The number of fused-ring (bicyclic) bond motifs is 1. The lowest BCUT2D eigenvalue weighted by Gasteiger charge is -2.17. The normalized spacial score (nSPS) is 13.7. The Labute approximate surface area is 161 Å². The van der Waals surface area contributed by atoms with Crippen LogP contribution in [0.15, 0.2) is 52.5 Å². The highest BCUT2D eigenvalue weighted by Crippen LogP contribution is 2.24. The highest BCUT2D eigenvalue weighted by Gasteiger charge is 2.15. The fourth-order valence-electron chi connectivity index (χ4n) is 2.67. The summed E-state index contributed by atoms with van der Waals surface area (Å²) in [5.41, 5.74) is 6.09. The van der Waals surface area contributed by atoms with Crippen molar-refractivity contribution in [3.8, 4) is 0 Å². The van der Waals surface area contributed by atoms with Crippen molar-refractivity contribution in [2.45, 2.75) is 31.1 Å². The maximum atomic E-state index is 12.9. The minimum atomic E-state index is -0.272. The third kappa shape index (κ3) is 5.40. The monoisotopic (exact) mass is 385 g/mol. The molecule has 1 heterocycles. The summed E-state index contributed by atoms with van der Waals surface area (Å²) < 4.78 is 12.9. The number of hydrogen-bond acceptors (Lipinski definition) is 4. The smallest absolute Gasteiger partial charge is 0.240 e. The number of amides is 2. The van der Waals surface area contributed by atoms with Gasteiger partial charge in [-0.3, -0.25) is 9.59 Å². The van der Waals surface area contributed by atoms with Crippen LogP contribution in [0.5, 0.6) is 0 Å². The molecule has 0 aromatic heterocycles. The number of rotatable bonds is 6. The zero-order chi connectivity index (χ0) is 19.2. The summed E-state index contributed by atoms with van der Waals surface area (Å²) in [7, 11) is 0. The molecule has 2 N–H and O–H groups in total. The summed E-state index contributed by atoms with van der Waals surface area (Å²) in [5.74, 6) is 0.178. The van der Waals surface area contributed by atoms with Crippen molar-refractivity contribution in [1.82, 2.24) is 5.43 Å². The van der Waals surface area contributed by atoms with Crippen LogP contribution >= 0.6 is 11.8 Å². The zero-order valence-corrected chi connectivity index (χ0v) is 15.7. The van der Waals surface area contributed by atoms with Gasteiger partial charge in [0.1, 0.15) is 5.82 Å². The lowest BCUT2D eigenvalue weighted by molar-refractivity contribution is -0.120. The molecule has 0 bridgehead atoms. The van der Waals surface area contributed by atoms with Crippen molar-refractivity contribution < 1.29 is 14.0 Å². The second kappa shape index (κ2) is 8.81. The van der Waals surface area contributed by atoms with E-state index in [-0.39, 0.29) is 17.6 Å². The maximum absolute atomic E-state index is 12.9. The fraction of sp³-hybridized carbons (Fsp3) is 0.250. The van der Waals surface area contributed by atoms with Crippen molar-refractivity contribution in [1.29, 1.82) is 0 Å². The third-order valence-corrected chi connectivity index (χ3v) is 5.19. The number of carbonyl (C=O) groups excluding carboxylic acids is 2. The molecule has 0 fully saturated rings. The number of hydrogen-bond donors (Lipinski definition) is 2. The molecule has 2 aromatic rings. The summed E-state index contributed by atoms with van der Waals surface area (Å²) in [5, 5.41) is 7.01. The molecule has 1 aliphatic rings. The van der Waals surface area contributed by atoms with Crippen LogP contribution in [0.4, 0.5) is 10.1 Å². The van der Waals surface area contributed by atoms with Gasteiger partial charge in [0.05, 0.1) is 5.71 Å². The minimum Gasteiger partial charge on any atom is -0.326 e. The topological polar surface area (TPSA) is 70.6 Å². The zero-order valence-electron chi connectivity index (χ0n) is 14.9. The van der Waals surface area contributed by atoms with E-state index in [1.165, 1.54) is 23.9 Å². The van der Waals surface area contributed by atoms with Crippen molar-refractivity contribution in [2.75, 3.05) is 11.1 Å². The first-order chi connectivity index (χ1) is 13.0. The van der Waals surface area contributed by atoms with Crippen molar-refractivity contribution >= 4 is 35.0 Å². The molecule has 0 aliphatic carbocycles. The number of carbonyl (C=O) groups is 2. The van der Waals surface area contributed by atoms with Gasteiger partial charge in [-0.15, -0.1) is 11.8 Å². The van der Waals surface area contributed by atoms with Gasteiger partial charge in [-0.2, -0.15) is 5.10 Å². The van der Waals surface area contributed by atoms with Crippen LogP contribution in [0.2, 0.25) is 0 Å². The Balaban J connectivity index is 1.50. The molecule has 0 atom stereocenters. The van der Waals surface area contributed by atoms with E-state index in [0.29, 0.717) is 30.7 Å². The highest BCUT2D eigenvalue weighted by atomic mass is 32.2. The van der Waals surface area contributed by atoms with Crippen LogP contribution in [0.25, 0.3) is 0 Å². The van der Waals surface area contributed by atoms with Crippen LogP contribution in [0.1, 0.15) is 30.9 Å². The van der Waals surface area contributed by atoms with E-state index in [2.05, 4.69) is 15.8 Å². The average Bonchev–Trinajstić information content (AvgIpc) is 2.67. The van der Waals surface area contributed by atoms with Gasteiger partial charge in [-0.05, 0) is 60.9 Å². The van der Waals surface area contributed by atoms with E-state index in [0.717, 1.165) is 21.7 Å². The Morgan fingerprint density at radius 1 is 1.22 bits per heavy atom. The largest absolute Gasteiger partial charge is 0.326 e. The fourth-order valence-corrected chi connectivity index (χ4v) is 3.52. The number of thioether (sulfide) groups is 1. The van der Waals surface area contributed by atoms with Gasteiger partial charge in [0.15, 0.2) is 0 Å². The maximum Gasteiger partial charge on any atom is 0.240 e. The quantitative estimate of drug-likeness (QED) is 0.452. The van der Waals surface area contributed by atoms with Gasteiger partial charge in [-0.25, -0.2) is 9.82 Å². The second-order valence-electron chi connectivity index (χ2n) is 6.20. The predicted molar refractivity (Wildman–Crippen MR) is 105 cm³/mol. The molecule has 27 heavy (non-hydrogen) atoms. The molecule has 5 nitrogen and oxygen atoms in total. The van der Waals surface area contributed by atoms with Gasteiger partial charge < -0.3 is 5.32 Å². The Hall–Kier alpha value is -2.67. The molecule has 0 unspecified atom stereocenters. The lowest BCUT2D eigenvalue weighted by Crippen LogP contribution is -2.20. The molecule has 7 heteroatoms. The minimum absolute atomic E-state index is 0.0337. The highest BCUT2D eigenvalue weighted by molar-refractivity contribution is 7.99. The number of nitrogens with one attached hydrogen (secondary N) is 2. The number of benzene rings is 2. The summed E-state index contributed by atoms with van der Waals surface area (Å²) in [4.78, 5) is 24.3. The molecule has 2 aromatic carbocycles. The lowest BCUT2D eigenvalue weighted by atomic mass is 9.99. The van der Waals surface area contributed by atoms with Gasteiger partial charge in [0, 0.05) is 29.2 Å². The van der Waals surface area contributed by atoms with E-state index in [1.54, 1.807) is 12.1 Å². The van der Waals surface area contributed by atoms with Crippen molar-refractivity contribution in [3.63, 3.8) is 0 Å². The van der Waals surface area contributed by atoms with Crippen LogP contribution in [-0.4, -0.2) is 23.3 Å². The molecule has 140 valence electrons. The Kier molecular flexibility index (Phi) is 6.24. The van der Waals surface area contributed by atoms with E-state index in [9.17, 15) is 14.0 Å². The molecule has 0 radical (unpaired) electrons. The molecule has 0 saturated heterocycles. The SMILES string of the molecule is CC(=NNC(=O)CCSc1ccc(F)cc1)c1ccc2c(c1)CCC(=O)N2. The van der Waals surface area contributed by atoms with E-state index in [4.69, 9.17) is 0 Å². The second-order valence-corrected chi connectivity index (χ2v) is 7.37. The molecule has 1 aliphatic heterocycles. The van der Waals surface area contributed by atoms with E-state index < -0.39 is 0 Å². The first kappa shape index (κ1) is 19.1. The third-order valence-electron chi connectivity index (χ3n) is 4.18. The number of hydrazone groups is 1. The van der Waals surface area contributed by atoms with Gasteiger partial charge in [0.25, 0.3) is 0 Å². The van der Waals surface area contributed by atoms with Gasteiger partial charge >= 0.3 is 0 Å². The summed E-state index contributed by atoms with van der Waals surface area (Å²) in [6.45, 7) is 1.83. The first-order valence-corrected chi connectivity index (χ1v) is 9.64. The Morgan fingerprint density at radius 2 is 2.00 bits per heavy atom. The first-order valence-electron chi connectivity index (χ1n) is 8.66. The van der Waals surface area contributed by atoms with Crippen molar-refractivity contribution in [3.05, 3.63) is 59.4 Å².